The van der Waals surface area contributed by atoms with Gasteiger partial charge in [-0.05, 0) is 26.1 Å². The number of hydrogen-bond donors (Lipinski definition) is 1. The predicted octanol–water partition coefficient (Wildman–Crippen LogP) is 1.39. The highest BCUT2D eigenvalue weighted by Gasteiger charge is 2.13. The highest BCUT2D eigenvalue weighted by atomic mass is 32.2. The second kappa shape index (κ2) is 6.84. The molecule has 0 saturated carbocycles. The Morgan fingerprint density at radius 2 is 1.95 bits per heavy atom. The summed E-state index contributed by atoms with van der Waals surface area (Å²) in [7, 11) is -1.55. The van der Waals surface area contributed by atoms with E-state index in [2.05, 4.69) is 9.88 Å². The lowest BCUT2D eigenvalue weighted by molar-refractivity contribution is 0.315. The molecular formula is C14H19N3O3S. The van der Waals surface area contributed by atoms with Crippen molar-refractivity contribution >= 4 is 10.0 Å². The second-order valence-electron chi connectivity index (χ2n) is 4.94. The molecule has 2 rings (SSSR count). The summed E-state index contributed by atoms with van der Waals surface area (Å²) in [4.78, 5) is 2.25. The summed E-state index contributed by atoms with van der Waals surface area (Å²) in [6.07, 6.45) is 1.52. The lowest BCUT2D eigenvalue weighted by Crippen LogP contribution is -2.32. The van der Waals surface area contributed by atoms with E-state index in [1.165, 1.54) is 6.26 Å². The number of rotatable bonds is 7. The molecule has 0 fully saturated rings. The number of likely N-dealkylation sites (N-methyl/N-ethyl adjacent to an activating group) is 1. The van der Waals surface area contributed by atoms with Gasteiger partial charge in [0.05, 0.1) is 10.6 Å². The van der Waals surface area contributed by atoms with E-state index in [4.69, 9.17) is 4.52 Å². The van der Waals surface area contributed by atoms with E-state index >= 15 is 0 Å². The van der Waals surface area contributed by atoms with Gasteiger partial charge in [0, 0.05) is 25.7 Å². The first-order valence-electron chi connectivity index (χ1n) is 6.61. The highest BCUT2D eigenvalue weighted by Crippen LogP contribution is 2.09. The average Bonchev–Trinajstić information content (AvgIpc) is 2.91. The molecule has 0 aliphatic rings. The Bertz CT molecular complexity index is 651. The smallest absolute Gasteiger partial charge is 0.240 e. The van der Waals surface area contributed by atoms with Gasteiger partial charge in [-0.3, -0.25) is 4.90 Å². The van der Waals surface area contributed by atoms with E-state index in [-0.39, 0.29) is 4.90 Å². The van der Waals surface area contributed by atoms with Gasteiger partial charge in [-0.15, -0.1) is 0 Å². The number of aryl methyl sites for hydroxylation is 1. The molecule has 7 heteroatoms. The zero-order valence-electron chi connectivity index (χ0n) is 12.1. The lowest BCUT2D eigenvalue weighted by atomic mass is 10.2. The monoisotopic (exact) mass is 309 g/mol. The van der Waals surface area contributed by atoms with Crippen molar-refractivity contribution in [2.45, 2.75) is 18.4 Å². The normalized spacial score (nSPS) is 12.0. The molecule has 1 heterocycles. The molecule has 1 N–H and O–H groups in total. The fourth-order valence-electron chi connectivity index (χ4n) is 1.85. The molecule has 1 aromatic heterocycles. The SMILES string of the molecule is Cc1ccc(S(=O)(=O)NCCN(C)Cc2ccon2)cc1. The van der Waals surface area contributed by atoms with Crippen molar-refractivity contribution in [2.75, 3.05) is 20.1 Å². The summed E-state index contributed by atoms with van der Waals surface area (Å²) in [5, 5.41) is 3.81. The second-order valence-corrected chi connectivity index (χ2v) is 6.71. The van der Waals surface area contributed by atoms with Crippen LogP contribution in [-0.4, -0.2) is 38.6 Å². The molecule has 0 bridgehead atoms. The van der Waals surface area contributed by atoms with Crippen LogP contribution in [0.3, 0.4) is 0 Å². The first-order valence-corrected chi connectivity index (χ1v) is 8.10. The Labute approximate surface area is 124 Å². The fraction of sp³-hybridized carbons (Fsp3) is 0.357. The van der Waals surface area contributed by atoms with Crippen molar-refractivity contribution < 1.29 is 12.9 Å². The maximum absolute atomic E-state index is 12.1. The van der Waals surface area contributed by atoms with Crippen molar-refractivity contribution in [1.82, 2.24) is 14.8 Å². The van der Waals surface area contributed by atoms with E-state index < -0.39 is 10.0 Å². The molecular weight excluding hydrogens is 290 g/mol. The minimum absolute atomic E-state index is 0.284. The lowest BCUT2D eigenvalue weighted by Gasteiger charge is -2.15. The van der Waals surface area contributed by atoms with Gasteiger partial charge >= 0.3 is 0 Å². The van der Waals surface area contributed by atoms with Crippen LogP contribution < -0.4 is 4.72 Å². The van der Waals surface area contributed by atoms with Crippen LogP contribution in [0.4, 0.5) is 0 Å². The molecule has 0 saturated heterocycles. The van der Waals surface area contributed by atoms with Crippen LogP contribution in [0.25, 0.3) is 0 Å². The zero-order valence-corrected chi connectivity index (χ0v) is 12.9. The van der Waals surface area contributed by atoms with Crippen molar-refractivity contribution in [2.24, 2.45) is 0 Å². The molecule has 0 aliphatic heterocycles. The van der Waals surface area contributed by atoms with Crippen molar-refractivity contribution in [3.8, 4) is 0 Å². The van der Waals surface area contributed by atoms with Crippen molar-refractivity contribution in [3.63, 3.8) is 0 Å². The minimum atomic E-state index is -3.45. The number of aromatic nitrogens is 1. The summed E-state index contributed by atoms with van der Waals surface area (Å²) < 4.78 is 31.5. The summed E-state index contributed by atoms with van der Waals surface area (Å²) >= 11 is 0. The number of hydrogen-bond acceptors (Lipinski definition) is 5. The predicted molar refractivity (Wildman–Crippen MR) is 79.2 cm³/mol. The highest BCUT2D eigenvalue weighted by molar-refractivity contribution is 7.89. The summed E-state index contributed by atoms with van der Waals surface area (Å²) in [5.74, 6) is 0. The van der Waals surface area contributed by atoms with Gasteiger partial charge in [0.15, 0.2) is 0 Å². The van der Waals surface area contributed by atoms with Crippen LogP contribution in [0.15, 0.2) is 46.0 Å². The van der Waals surface area contributed by atoms with E-state index in [1.807, 2.05) is 18.9 Å². The van der Waals surface area contributed by atoms with Crippen molar-refractivity contribution in [3.05, 3.63) is 47.9 Å². The summed E-state index contributed by atoms with van der Waals surface area (Å²) in [6, 6.07) is 8.57. The quantitative estimate of drug-likeness (QED) is 0.836. The molecule has 0 radical (unpaired) electrons. The standard InChI is InChI=1S/C14H19N3O3S/c1-12-3-5-14(6-4-12)21(18,19)15-8-9-17(2)11-13-7-10-20-16-13/h3-7,10,15H,8-9,11H2,1-2H3. The number of benzene rings is 1. The average molecular weight is 309 g/mol. The first kappa shape index (κ1) is 15.7. The third-order valence-electron chi connectivity index (χ3n) is 3.04. The van der Waals surface area contributed by atoms with Crippen molar-refractivity contribution in [1.29, 1.82) is 0 Å². The van der Waals surface area contributed by atoms with Gasteiger partial charge < -0.3 is 4.52 Å². The van der Waals surface area contributed by atoms with Gasteiger partial charge in [0.2, 0.25) is 10.0 Å². The van der Waals surface area contributed by atoms with Gasteiger partial charge in [-0.25, -0.2) is 13.1 Å². The molecule has 0 amide bonds. The summed E-state index contributed by atoms with van der Waals surface area (Å²) in [6.45, 7) is 3.45. The molecule has 21 heavy (non-hydrogen) atoms. The minimum Gasteiger partial charge on any atom is -0.364 e. The van der Waals surface area contributed by atoms with Gasteiger partial charge in [0.1, 0.15) is 6.26 Å². The largest absolute Gasteiger partial charge is 0.364 e. The number of nitrogens with one attached hydrogen (secondary N) is 1. The van der Waals surface area contributed by atoms with Crippen LogP contribution in [-0.2, 0) is 16.6 Å². The molecule has 0 spiro atoms. The van der Waals surface area contributed by atoms with E-state index in [9.17, 15) is 8.42 Å². The molecule has 6 nitrogen and oxygen atoms in total. The first-order chi connectivity index (χ1) is 9.97. The summed E-state index contributed by atoms with van der Waals surface area (Å²) in [5.41, 5.74) is 1.85. The van der Waals surface area contributed by atoms with Crippen LogP contribution in [0, 0.1) is 6.92 Å². The molecule has 1 aromatic carbocycles. The zero-order chi connectivity index (χ0) is 15.3. The topological polar surface area (TPSA) is 75.4 Å². The molecule has 0 unspecified atom stereocenters. The van der Waals surface area contributed by atoms with Crippen LogP contribution in [0.5, 0.6) is 0 Å². The molecule has 114 valence electrons. The van der Waals surface area contributed by atoms with Gasteiger partial charge in [-0.2, -0.15) is 0 Å². The third-order valence-corrected chi connectivity index (χ3v) is 4.52. The van der Waals surface area contributed by atoms with E-state index in [0.717, 1.165) is 11.3 Å². The Kier molecular flexibility index (Phi) is 5.11. The third kappa shape index (κ3) is 4.66. The molecule has 0 aliphatic carbocycles. The van der Waals surface area contributed by atoms with Gasteiger partial charge in [-0.1, -0.05) is 22.9 Å². The number of nitrogens with zero attached hydrogens (tertiary/aromatic N) is 2. The Morgan fingerprint density at radius 3 is 2.57 bits per heavy atom. The van der Waals surface area contributed by atoms with Crippen LogP contribution >= 0.6 is 0 Å². The number of sulfonamides is 1. The Hall–Kier alpha value is -1.70. The maximum atomic E-state index is 12.1. The molecule has 0 atom stereocenters. The van der Waals surface area contributed by atoms with Crippen LogP contribution in [0.1, 0.15) is 11.3 Å². The van der Waals surface area contributed by atoms with Crippen LogP contribution in [0.2, 0.25) is 0 Å². The Morgan fingerprint density at radius 1 is 1.24 bits per heavy atom. The Balaban J connectivity index is 1.83. The van der Waals surface area contributed by atoms with Gasteiger partial charge in [0.25, 0.3) is 0 Å². The van der Waals surface area contributed by atoms with E-state index in [0.29, 0.717) is 19.6 Å². The molecule has 2 aromatic rings. The fourth-order valence-corrected chi connectivity index (χ4v) is 2.87. The maximum Gasteiger partial charge on any atom is 0.240 e. The van der Waals surface area contributed by atoms with E-state index in [1.54, 1.807) is 30.3 Å².